The van der Waals surface area contributed by atoms with Crippen molar-refractivity contribution < 1.29 is 32.1 Å². The second-order valence-electron chi connectivity index (χ2n) is 7.64. The van der Waals surface area contributed by atoms with E-state index in [4.69, 9.17) is 13.7 Å². The van der Waals surface area contributed by atoms with E-state index in [2.05, 4.69) is 15.6 Å². The molecule has 0 aliphatic carbocycles. The number of carbonyl (C=O) groups excluding carboxylic acids is 1. The highest BCUT2D eigenvalue weighted by Gasteiger charge is 2.12. The number of aryl methyl sites for hydroxylation is 1. The van der Waals surface area contributed by atoms with Gasteiger partial charge >= 0.3 is 12.0 Å². The molecule has 3 rings (SSSR count). The number of carboxylic acids is 1. The van der Waals surface area contributed by atoms with E-state index in [1.54, 1.807) is 18.2 Å². The molecule has 0 aliphatic rings. The van der Waals surface area contributed by atoms with Gasteiger partial charge in [0, 0.05) is 48.8 Å². The zero-order valence-electron chi connectivity index (χ0n) is 19.0. The van der Waals surface area contributed by atoms with Crippen molar-refractivity contribution in [3.05, 3.63) is 42.7 Å². The summed E-state index contributed by atoms with van der Waals surface area (Å²) in [5.41, 5.74) is 2.64. The molecule has 2 heterocycles. The summed E-state index contributed by atoms with van der Waals surface area (Å²) < 4.78 is 24.0. The van der Waals surface area contributed by atoms with Crippen LogP contribution in [0.4, 0.5) is 10.5 Å². The molecule has 0 fully saturated rings. The molecule has 0 saturated heterocycles. The van der Waals surface area contributed by atoms with Gasteiger partial charge < -0.3 is 20.2 Å². The molecular formula is C23H29N4O6S+. The van der Waals surface area contributed by atoms with E-state index in [0.717, 1.165) is 31.4 Å². The van der Waals surface area contributed by atoms with Crippen molar-refractivity contribution in [3.63, 3.8) is 0 Å². The molecule has 0 spiro atoms. The molecule has 182 valence electrons. The van der Waals surface area contributed by atoms with Gasteiger partial charge in [-0.05, 0) is 25.0 Å². The first kappa shape index (κ1) is 25.3. The third kappa shape index (κ3) is 7.92. The van der Waals surface area contributed by atoms with Crippen molar-refractivity contribution in [3.8, 4) is 11.5 Å². The number of carboxylic acid groups (broad SMARTS) is 1. The summed E-state index contributed by atoms with van der Waals surface area (Å²) in [6.07, 6.45) is 6.77. The minimum atomic E-state index is -1.24. The molecule has 0 aliphatic heterocycles. The average Bonchev–Trinajstić information content (AvgIpc) is 3.25. The van der Waals surface area contributed by atoms with E-state index < -0.39 is 17.0 Å². The fourth-order valence-electron chi connectivity index (χ4n) is 3.28. The van der Waals surface area contributed by atoms with Gasteiger partial charge in [-0.15, -0.1) is 0 Å². The van der Waals surface area contributed by atoms with E-state index in [-0.39, 0.29) is 12.5 Å². The molecular weight excluding hydrogens is 460 g/mol. The number of fused-ring (bicyclic) bond motifs is 1. The highest BCUT2D eigenvalue weighted by Crippen LogP contribution is 2.25. The molecule has 1 atom stereocenters. The van der Waals surface area contributed by atoms with Crippen LogP contribution in [-0.2, 0) is 26.6 Å². The van der Waals surface area contributed by atoms with E-state index in [1.807, 2.05) is 29.1 Å². The minimum absolute atomic E-state index is 0.145. The number of benzene rings is 1. The number of hydrogen-bond acceptors (Lipinski definition) is 6. The van der Waals surface area contributed by atoms with Crippen molar-refractivity contribution >= 4 is 39.9 Å². The number of nitrogens with one attached hydrogen (secondary N) is 2. The molecule has 0 radical (unpaired) electrons. The minimum Gasteiger partial charge on any atom is -0.481 e. The highest BCUT2D eigenvalue weighted by molar-refractivity contribution is 7.80. The second-order valence-corrected chi connectivity index (χ2v) is 8.99. The summed E-state index contributed by atoms with van der Waals surface area (Å²) in [5, 5.41) is 14.1. The van der Waals surface area contributed by atoms with Gasteiger partial charge in [0.1, 0.15) is 12.1 Å². The Labute approximate surface area is 200 Å². The lowest BCUT2D eigenvalue weighted by molar-refractivity contribution is -0.696. The Hall–Kier alpha value is -3.31. The number of unbranched alkanes of at least 4 members (excludes halogenated alkanes) is 2. The van der Waals surface area contributed by atoms with Crippen LogP contribution in [0.25, 0.3) is 22.6 Å². The Morgan fingerprint density at radius 3 is 2.68 bits per heavy atom. The zero-order valence-corrected chi connectivity index (χ0v) is 19.8. The van der Waals surface area contributed by atoms with Gasteiger partial charge in [-0.25, -0.2) is 18.6 Å². The molecule has 2 amide bonds. The molecule has 0 bridgehead atoms. The molecule has 2 aromatic heterocycles. The van der Waals surface area contributed by atoms with Gasteiger partial charge in [0.25, 0.3) is 0 Å². The maximum atomic E-state index is 12.1. The third-order valence-electron chi connectivity index (χ3n) is 5.05. The number of hydrogen-bond donors (Lipinski definition) is 3. The van der Waals surface area contributed by atoms with Gasteiger partial charge in [-0.2, -0.15) is 0 Å². The van der Waals surface area contributed by atoms with Gasteiger partial charge in [-0.3, -0.25) is 8.98 Å². The van der Waals surface area contributed by atoms with Crippen molar-refractivity contribution in [2.75, 3.05) is 24.7 Å². The standard InChI is InChI=1S/C23H28N4O6S/c1-32-34(31)15-5-12-27-13-9-17(10-14-27)22-26-19-8-7-18(16-20(19)33-22)25-23(30)24-11-4-2-3-6-21(28)29/h7-10,13-14,16H,2-6,11-12,15H2,1H3,(H2,24,28,29,30)/p+1. The number of nitrogens with zero attached hydrogens (tertiary/aromatic N) is 2. The summed E-state index contributed by atoms with van der Waals surface area (Å²) in [5.74, 6) is 0.156. The van der Waals surface area contributed by atoms with Gasteiger partial charge in [0.2, 0.25) is 5.89 Å². The number of amides is 2. The van der Waals surface area contributed by atoms with Crippen LogP contribution in [0.2, 0.25) is 0 Å². The van der Waals surface area contributed by atoms with E-state index in [9.17, 15) is 13.8 Å². The Bertz CT molecular complexity index is 1130. The van der Waals surface area contributed by atoms with Crippen molar-refractivity contribution in [2.24, 2.45) is 0 Å². The van der Waals surface area contributed by atoms with Gasteiger partial charge in [-0.1, -0.05) is 6.42 Å². The summed E-state index contributed by atoms with van der Waals surface area (Å²) in [6, 6.07) is 8.73. The molecule has 3 aromatic rings. The summed E-state index contributed by atoms with van der Waals surface area (Å²) in [4.78, 5) is 27.1. The van der Waals surface area contributed by atoms with Crippen LogP contribution in [0.3, 0.4) is 0 Å². The zero-order chi connectivity index (χ0) is 24.3. The first-order valence-corrected chi connectivity index (χ1v) is 12.3. The lowest BCUT2D eigenvalue weighted by Crippen LogP contribution is -2.33. The third-order valence-corrected chi connectivity index (χ3v) is 6.04. The smallest absolute Gasteiger partial charge is 0.319 e. The normalized spacial score (nSPS) is 11.9. The lowest BCUT2D eigenvalue weighted by atomic mass is 10.2. The fraction of sp³-hybridized carbons (Fsp3) is 0.391. The van der Waals surface area contributed by atoms with Crippen LogP contribution in [0.15, 0.2) is 47.1 Å². The van der Waals surface area contributed by atoms with Crippen LogP contribution >= 0.6 is 0 Å². The van der Waals surface area contributed by atoms with Gasteiger partial charge in [0.05, 0.1) is 12.9 Å². The van der Waals surface area contributed by atoms with Crippen LogP contribution in [0.1, 0.15) is 32.1 Å². The van der Waals surface area contributed by atoms with Crippen LogP contribution < -0.4 is 15.2 Å². The summed E-state index contributed by atoms with van der Waals surface area (Å²) in [7, 11) is 1.43. The Balaban J connectivity index is 1.52. The van der Waals surface area contributed by atoms with Crippen molar-refractivity contribution in [1.29, 1.82) is 0 Å². The number of anilines is 1. The van der Waals surface area contributed by atoms with Crippen molar-refractivity contribution in [2.45, 2.75) is 38.6 Å². The Morgan fingerprint density at radius 1 is 1.15 bits per heavy atom. The first-order chi connectivity index (χ1) is 16.4. The molecule has 10 nitrogen and oxygen atoms in total. The quantitative estimate of drug-likeness (QED) is 0.248. The SMILES string of the molecule is COS(=O)CCC[n+]1ccc(-c2nc3ccc(NC(=O)NCCCCCC(=O)O)cc3o2)cc1. The molecule has 1 aromatic carbocycles. The second kappa shape index (κ2) is 12.8. The Kier molecular flexibility index (Phi) is 9.53. The predicted molar refractivity (Wildman–Crippen MR) is 127 cm³/mol. The maximum absolute atomic E-state index is 12.1. The van der Waals surface area contributed by atoms with E-state index in [1.165, 1.54) is 7.11 Å². The molecule has 3 N–H and O–H groups in total. The van der Waals surface area contributed by atoms with E-state index in [0.29, 0.717) is 41.4 Å². The summed E-state index contributed by atoms with van der Waals surface area (Å²) in [6.45, 7) is 1.20. The van der Waals surface area contributed by atoms with Crippen molar-refractivity contribution in [1.82, 2.24) is 10.3 Å². The number of oxazole rings is 1. The number of carbonyl (C=O) groups is 2. The Morgan fingerprint density at radius 2 is 1.94 bits per heavy atom. The first-order valence-electron chi connectivity index (χ1n) is 11.0. The molecule has 34 heavy (non-hydrogen) atoms. The van der Waals surface area contributed by atoms with Crippen LogP contribution in [0, 0.1) is 0 Å². The van der Waals surface area contributed by atoms with Crippen LogP contribution in [0.5, 0.6) is 0 Å². The lowest BCUT2D eigenvalue weighted by Gasteiger charge is -2.07. The topological polar surface area (TPSA) is 135 Å². The number of urea groups is 1. The molecule has 0 saturated carbocycles. The van der Waals surface area contributed by atoms with Crippen LogP contribution in [-0.4, -0.2) is 45.7 Å². The number of aliphatic carboxylic acids is 1. The predicted octanol–water partition coefficient (Wildman–Crippen LogP) is 3.25. The summed E-state index contributed by atoms with van der Waals surface area (Å²) >= 11 is -1.24. The number of pyridine rings is 1. The molecule has 1 unspecified atom stereocenters. The fourth-order valence-corrected chi connectivity index (χ4v) is 3.81. The highest BCUT2D eigenvalue weighted by atomic mass is 32.2. The molecule has 11 heteroatoms. The number of rotatable bonds is 13. The maximum Gasteiger partial charge on any atom is 0.319 e. The van der Waals surface area contributed by atoms with Gasteiger partial charge in [0.15, 0.2) is 29.1 Å². The largest absolute Gasteiger partial charge is 0.481 e. The van der Waals surface area contributed by atoms with E-state index >= 15 is 0 Å². The average molecular weight is 490 g/mol. The monoisotopic (exact) mass is 489 g/mol. The number of aromatic nitrogens is 2.